The molecule has 0 aromatic rings. The summed E-state index contributed by atoms with van der Waals surface area (Å²) >= 11 is 0. The Bertz CT molecular complexity index is 561. The summed E-state index contributed by atoms with van der Waals surface area (Å²) in [5, 5.41) is 0. The van der Waals surface area contributed by atoms with Crippen molar-refractivity contribution in [2.75, 3.05) is 14.2 Å². The van der Waals surface area contributed by atoms with Gasteiger partial charge in [-0.05, 0) is 94.3 Å². The van der Waals surface area contributed by atoms with Crippen molar-refractivity contribution in [2.24, 2.45) is 29.6 Å². The van der Waals surface area contributed by atoms with Gasteiger partial charge in [0.2, 0.25) is 0 Å². The summed E-state index contributed by atoms with van der Waals surface area (Å²) in [7, 11) is 3.78. The fourth-order valence-electron chi connectivity index (χ4n) is 8.14. The predicted molar refractivity (Wildman–Crippen MR) is 120 cm³/mol. The van der Waals surface area contributed by atoms with E-state index in [-0.39, 0.29) is 5.60 Å². The number of rotatable bonds is 4. The van der Waals surface area contributed by atoms with Gasteiger partial charge in [0.05, 0.1) is 23.9 Å². The number of hydrogen-bond donors (Lipinski definition) is 0. The summed E-state index contributed by atoms with van der Waals surface area (Å²) in [4.78, 5) is 0. The molecule has 4 saturated carbocycles. The lowest BCUT2D eigenvalue weighted by atomic mass is 9.61. The predicted octanol–water partition coefficient (Wildman–Crippen LogP) is 6.31. The van der Waals surface area contributed by atoms with Crippen LogP contribution in [0.3, 0.4) is 0 Å². The Balaban J connectivity index is 1.41. The van der Waals surface area contributed by atoms with Crippen molar-refractivity contribution < 1.29 is 14.2 Å². The first-order chi connectivity index (χ1) is 14.7. The summed E-state index contributed by atoms with van der Waals surface area (Å²) in [5.74, 6) is 3.73. The lowest BCUT2D eigenvalue weighted by Gasteiger charge is -2.56. The van der Waals surface area contributed by atoms with Crippen LogP contribution in [0.4, 0.5) is 0 Å². The average molecular weight is 417 g/mol. The molecule has 4 aliphatic carbocycles. The second-order valence-corrected chi connectivity index (χ2v) is 11.2. The molecule has 170 valence electrons. The van der Waals surface area contributed by atoms with E-state index in [0.29, 0.717) is 36.1 Å². The smallest absolute Gasteiger partial charge is 0.0922 e. The van der Waals surface area contributed by atoms with Gasteiger partial charge in [0.15, 0.2) is 0 Å². The minimum absolute atomic E-state index is 0.0298. The van der Waals surface area contributed by atoms with Gasteiger partial charge in [-0.25, -0.2) is 0 Å². The van der Waals surface area contributed by atoms with Gasteiger partial charge in [0.1, 0.15) is 0 Å². The third kappa shape index (κ3) is 3.92. The Hall–Kier alpha value is -0.380. The summed E-state index contributed by atoms with van der Waals surface area (Å²) in [6.07, 6.45) is 25.0. The molecule has 4 atom stereocenters. The van der Waals surface area contributed by atoms with Crippen LogP contribution in [0.15, 0.2) is 12.2 Å². The second-order valence-electron chi connectivity index (χ2n) is 11.2. The summed E-state index contributed by atoms with van der Waals surface area (Å²) in [6.45, 7) is 0. The Labute approximate surface area is 184 Å². The highest BCUT2D eigenvalue weighted by Gasteiger charge is 2.53. The van der Waals surface area contributed by atoms with Crippen LogP contribution in [0.2, 0.25) is 0 Å². The maximum absolute atomic E-state index is 7.50. The van der Waals surface area contributed by atoms with Gasteiger partial charge in [0, 0.05) is 20.1 Å². The Kier molecular flexibility index (Phi) is 6.61. The van der Waals surface area contributed by atoms with Crippen LogP contribution in [0, 0.1) is 29.6 Å². The van der Waals surface area contributed by atoms with Crippen molar-refractivity contribution in [3.63, 3.8) is 0 Å². The zero-order valence-corrected chi connectivity index (χ0v) is 19.4. The molecule has 1 heterocycles. The molecule has 0 aromatic heterocycles. The Morgan fingerprint density at radius 2 is 1.30 bits per heavy atom. The molecular weight excluding hydrogens is 372 g/mol. The van der Waals surface area contributed by atoms with Crippen LogP contribution < -0.4 is 0 Å². The molecule has 30 heavy (non-hydrogen) atoms. The normalized spacial score (nSPS) is 49.3. The van der Waals surface area contributed by atoms with E-state index in [2.05, 4.69) is 12.2 Å². The van der Waals surface area contributed by atoms with Crippen LogP contribution in [0.5, 0.6) is 0 Å². The van der Waals surface area contributed by atoms with Gasteiger partial charge in [-0.3, -0.25) is 0 Å². The van der Waals surface area contributed by atoms with Crippen LogP contribution >= 0.6 is 0 Å². The largest absolute Gasteiger partial charge is 0.381 e. The monoisotopic (exact) mass is 416 g/mol. The van der Waals surface area contributed by atoms with Crippen LogP contribution in [-0.2, 0) is 14.2 Å². The highest BCUT2D eigenvalue weighted by molar-refractivity contribution is 5.18. The standard InChI is InChI=1S/C27H44O3/c1-28-23-13-9-21(10-14-23)27(22-11-15-24(29-2)16-12-22)18-17-20-8-7-19-5-3-4-6-25(19)26(20)30-27/h17-26H,3-16H2,1-2H3. The fraction of sp³-hybridized carbons (Fsp3) is 0.926. The molecule has 0 amide bonds. The summed E-state index contributed by atoms with van der Waals surface area (Å²) < 4.78 is 18.9. The van der Waals surface area contributed by atoms with Crippen molar-refractivity contribution in [3.8, 4) is 0 Å². The van der Waals surface area contributed by atoms with Crippen LogP contribution in [0.25, 0.3) is 0 Å². The van der Waals surface area contributed by atoms with E-state index in [4.69, 9.17) is 14.2 Å². The molecule has 5 aliphatic rings. The lowest BCUT2D eigenvalue weighted by Crippen LogP contribution is -2.57. The molecule has 0 N–H and O–H groups in total. The number of ether oxygens (including phenoxy) is 3. The second kappa shape index (κ2) is 9.24. The first kappa shape index (κ1) is 21.5. The molecule has 1 aliphatic heterocycles. The Morgan fingerprint density at radius 3 is 1.90 bits per heavy atom. The molecule has 0 aromatic carbocycles. The van der Waals surface area contributed by atoms with Gasteiger partial charge in [-0.15, -0.1) is 0 Å². The fourth-order valence-corrected chi connectivity index (χ4v) is 8.14. The maximum atomic E-state index is 7.50. The molecule has 0 saturated heterocycles. The van der Waals surface area contributed by atoms with Gasteiger partial charge < -0.3 is 14.2 Å². The van der Waals surface area contributed by atoms with Crippen molar-refractivity contribution in [3.05, 3.63) is 12.2 Å². The molecule has 4 unspecified atom stereocenters. The lowest BCUT2D eigenvalue weighted by molar-refractivity contribution is -0.202. The molecule has 3 nitrogen and oxygen atoms in total. The third-order valence-corrected chi connectivity index (χ3v) is 9.92. The van der Waals surface area contributed by atoms with Crippen molar-refractivity contribution in [1.29, 1.82) is 0 Å². The molecule has 0 bridgehead atoms. The van der Waals surface area contributed by atoms with E-state index < -0.39 is 0 Å². The molecule has 0 radical (unpaired) electrons. The van der Waals surface area contributed by atoms with Crippen molar-refractivity contribution in [2.45, 2.75) is 114 Å². The topological polar surface area (TPSA) is 27.7 Å². The summed E-state index contributed by atoms with van der Waals surface area (Å²) in [6, 6.07) is 0. The third-order valence-electron chi connectivity index (χ3n) is 9.92. The quantitative estimate of drug-likeness (QED) is 0.503. The highest BCUT2D eigenvalue weighted by Crippen LogP contribution is 2.54. The number of hydrogen-bond acceptors (Lipinski definition) is 3. The molecule has 5 rings (SSSR count). The highest BCUT2D eigenvalue weighted by atomic mass is 16.5. The maximum Gasteiger partial charge on any atom is 0.0922 e. The van der Waals surface area contributed by atoms with Gasteiger partial charge in [-0.2, -0.15) is 0 Å². The molecule has 4 fully saturated rings. The van der Waals surface area contributed by atoms with E-state index in [1.807, 2.05) is 14.2 Å². The van der Waals surface area contributed by atoms with Gasteiger partial charge in [0.25, 0.3) is 0 Å². The summed E-state index contributed by atoms with van der Waals surface area (Å²) in [5.41, 5.74) is -0.0298. The van der Waals surface area contributed by atoms with E-state index in [9.17, 15) is 0 Å². The minimum Gasteiger partial charge on any atom is -0.381 e. The van der Waals surface area contributed by atoms with E-state index in [0.717, 1.165) is 11.8 Å². The molecule has 0 spiro atoms. The van der Waals surface area contributed by atoms with Crippen LogP contribution in [0.1, 0.15) is 89.9 Å². The number of fused-ring (bicyclic) bond motifs is 3. The SMILES string of the molecule is COC1CCC(C2(C3CCC(OC)CC3)C=CC3CCC4CCCCC4C3O2)CC1. The molecular formula is C27H44O3. The van der Waals surface area contributed by atoms with E-state index in [1.165, 1.54) is 89.9 Å². The zero-order chi connectivity index (χ0) is 20.6. The van der Waals surface area contributed by atoms with E-state index >= 15 is 0 Å². The first-order valence-corrected chi connectivity index (χ1v) is 13.2. The molecule has 3 heteroatoms. The average Bonchev–Trinajstić information content (AvgIpc) is 2.83. The van der Waals surface area contributed by atoms with Gasteiger partial charge in [-0.1, -0.05) is 31.4 Å². The van der Waals surface area contributed by atoms with E-state index in [1.54, 1.807) is 0 Å². The minimum atomic E-state index is -0.0298. The Morgan fingerprint density at radius 1 is 0.700 bits per heavy atom. The van der Waals surface area contributed by atoms with Gasteiger partial charge >= 0.3 is 0 Å². The van der Waals surface area contributed by atoms with Crippen LogP contribution in [-0.4, -0.2) is 38.1 Å². The van der Waals surface area contributed by atoms with Crippen molar-refractivity contribution >= 4 is 0 Å². The zero-order valence-electron chi connectivity index (χ0n) is 19.4. The first-order valence-electron chi connectivity index (χ1n) is 13.2. The van der Waals surface area contributed by atoms with Crippen molar-refractivity contribution in [1.82, 2.24) is 0 Å². The number of methoxy groups -OCH3 is 2.